The number of nitrogens with zero attached hydrogens (tertiary/aromatic N) is 1. The molecule has 2 aliphatic rings. The van der Waals surface area contributed by atoms with Crippen LogP contribution in [0, 0.1) is 5.92 Å². The van der Waals surface area contributed by atoms with E-state index < -0.39 is 5.60 Å². The van der Waals surface area contributed by atoms with Gasteiger partial charge in [-0.25, -0.2) is 10.7 Å². The average Bonchev–Trinajstić information content (AvgIpc) is 2.81. The largest absolute Gasteiger partial charge is 0.460 e. The van der Waals surface area contributed by atoms with Gasteiger partial charge in [0.25, 0.3) is 0 Å². The lowest BCUT2D eigenvalue weighted by molar-refractivity contribution is -0.173. The zero-order valence-corrected chi connectivity index (χ0v) is 9.27. The first kappa shape index (κ1) is 11.3. The summed E-state index contributed by atoms with van der Waals surface area (Å²) in [6.45, 7) is 2.21. The first-order valence-corrected chi connectivity index (χ1v) is 5.42. The zero-order chi connectivity index (χ0) is 11.6. The summed E-state index contributed by atoms with van der Waals surface area (Å²) in [4.78, 5) is 21.6. The minimum atomic E-state index is -0.876. The van der Waals surface area contributed by atoms with Crippen LogP contribution in [0.3, 0.4) is 0 Å². The van der Waals surface area contributed by atoms with Crippen LogP contribution in [0.2, 0.25) is 0 Å². The van der Waals surface area contributed by atoms with Crippen molar-refractivity contribution < 1.29 is 19.2 Å². The molecule has 0 aromatic heterocycles. The third kappa shape index (κ3) is 1.68. The van der Waals surface area contributed by atoms with Crippen LogP contribution in [0.4, 0.5) is 0 Å². The molecular formula is C10H16N2O4. The van der Waals surface area contributed by atoms with Crippen molar-refractivity contribution in [3.8, 4) is 0 Å². The summed E-state index contributed by atoms with van der Waals surface area (Å²) in [6, 6.07) is 0. The molecule has 0 saturated heterocycles. The number of rotatable bonds is 4. The Hall–Kier alpha value is -1.14. The normalized spacial score (nSPS) is 31.9. The van der Waals surface area contributed by atoms with Gasteiger partial charge in [-0.1, -0.05) is 5.16 Å². The highest BCUT2D eigenvalue weighted by Gasteiger charge is 2.57. The van der Waals surface area contributed by atoms with E-state index in [1.807, 2.05) is 6.92 Å². The number of nitrogens with two attached hydrogens (primary N) is 1. The molecule has 1 aliphatic carbocycles. The lowest BCUT2D eigenvalue weighted by Gasteiger charge is -2.24. The summed E-state index contributed by atoms with van der Waals surface area (Å²) in [5, 5.41) is 3.90. The summed E-state index contributed by atoms with van der Waals surface area (Å²) < 4.78 is 5.08. The van der Waals surface area contributed by atoms with Crippen molar-refractivity contribution in [1.82, 2.24) is 0 Å². The second-order valence-electron chi connectivity index (χ2n) is 4.16. The Morgan fingerprint density at radius 2 is 2.50 bits per heavy atom. The van der Waals surface area contributed by atoms with Gasteiger partial charge >= 0.3 is 5.97 Å². The number of hydrogen-bond donors (Lipinski definition) is 1. The molecule has 1 fully saturated rings. The van der Waals surface area contributed by atoms with E-state index in [2.05, 4.69) is 9.99 Å². The molecule has 2 rings (SSSR count). The molecule has 6 heteroatoms. The maximum Gasteiger partial charge on any atom is 0.354 e. The Bertz CT molecular complexity index is 318. The lowest BCUT2D eigenvalue weighted by atomic mass is 9.88. The molecule has 1 saturated carbocycles. The third-order valence-electron chi connectivity index (χ3n) is 3.24. The number of fused-ring (bicyclic) bond motifs is 1. The van der Waals surface area contributed by atoms with Crippen LogP contribution in [-0.4, -0.2) is 30.5 Å². The molecule has 1 aliphatic heterocycles. The molecule has 0 bridgehead atoms. The maximum atomic E-state index is 12.0. The fourth-order valence-electron chi connectivity index (χ4n) is 2.44. The number of hydrogen-bond acceptors (Lipinski definition) is 6. The molecule has 0 amide bonds. The zero-order valence-electron chi connectivity index (χ0n) is 9.27. The molecule has 0 aromatic carbocycles. The van der Waals surface area contributed by atoms with Crippen molar-refractivity contribution in [3.05, 3.63) is 0 Å². The minimum absolute atomic E-state index is 0.0683. The van der Waals surface area contributed by atoms with E-state index in [0.29, 0.717) is 6.42 Å². The van der Waals surface area contributed by atoms with Crippen LogP contribution in [0.25, 0.3) is 0 Å². The van der Waals surface area contributed by atoms with E-state index in [4.69, 9.17) is 15.5 Å². The molecule has 0 radical (unpaired) electrons. The van der Waals surface area contributed by atoms with Crippen molar-refractivity contribution in [2.75, 3.05) is 13.2 Å². The Morgan fingerprint density at radius 3 is 3.25 bits per heavy atom. The van der Waals surface area contributed by atoms with Gasteiger partial charge in [0.15, 0.2) is 0 Å². The summed E-state index contributed by atoms with van der Waals surface area (Å²) in [6.07, 6.45) is 2.55. The summed E-state index contributed by atoms with van der Waals surface area (Å²) in [5.74, 6) is 4.56. The number of esters is 1. The first-order chi connectivity index (χ1) is 7.70. The molecule has 0 aromatic rings. The van der Waals surface area contributed by atoms with Crippen molar-refractivity contribution in [3.63, 3.8) is 0 Å². The molecule has 16 heavy (non-hydrogen) atoms. The second-order valence-corrected chi connectivity index (χ2v) is 4.16. The van der Waals surface area contributed by atoms with Gasteiger partial charge in [-0.2, -0.15) is 0 Å². The van der Waals surface area contributed by atoms with Crippen LogP contribution in [0.5, 0.6) is 0 Å². The van der Waals surface area contributed by atoms with Gasteiger partial charge < -0.3 is 14.4 Å². The molecule has 2 atom stereocenters. The van der Waals surface area contributed by atoms with E-state index in [0.717, 1.165) is 18.6 Å². The molecule has 2 N–H and O–H groups in total. The predicted octanol–water partition coefficient (Wildman–Crippen LogP) is 0.365. The SMILES string of the molecule is CC1=NOC2(C(=O)OCCON)CCCC12. The quantitative estimate of drug-likeness (QED) is 0.427. The maximum absolute atomic E-state index is 12.0. The Labute approximate surface area is 93.7 Å². The highest BCUT2D eigenvalue weighted by Crippen LogP contribution is 2.44. The van der Waals surface area contributed by atoms with Gasteiger partial charge in [-0.15, -0.1) is 0 Å². The van der Waals surface area contributed by atoms with Crippen LogP contribution in [-0.2, 0) is 19.2 Å². The van der Waals surface area contributed by atoms with Gasteiger partial charge in [0.2, 0.25) is 5.60 Å². The average molecular weight is 228 g/mol. The highest BCUT2D eigenvalue weighted by molar-refractivity contribution is 5.95. The number of carbonyl (C=O) groups excluding carboxylic acids is 1. The Morgan fingerprint density at radius 1 is 1.69 bits per heavy atom. The molecule has 1 heterocycles. The second kappa shape index (κ2) is 4.39. The minimum Gasteiger partial charge on any atom is -0.460 e. The van der Waals surface area contributed by atoms with E-state index in [1.54, 1.807) is 0 Å². The summed E-state index contributed by atoms with van der Waals surface area (Å²) >= 11 is 0. The molecule has 6 nitrogen and oxygen atoms in total. The number of oxime groups is 1. The van der Waals surface area contributed by atoms with E-state index in [9.17, 15) is 4.79 Å². The third-order valence-corrected chi connectivity index (χ3v) is 3.24. The van der Waals surface area contributed by atoms with Gasteiger partial charge in [0.05, 0.1) is 11.6 Å². The summed E-state index contributed by atoms with van der Waals surface area (Å²) in [7, 11) is 0. The Kier molecular flexibility index (Phi) is 3.11. The van der Waals surface area contributed by atoms with Crippen LogP contribution in [0.15, 0.2) is 5.16 Å². The standard InChI is InChI=1S/C10H16N2O4/c1-7-8-3-2-4-10(8,16-12-7)9(13)14-5-6-15-11/h8H,2-6,11H2,1H3. The van der Waals surface area contributed by atoms with Crippen molar-refractivity contribution in [2.45, 2.75) is 31.8 Å². The molecule has 0 spiro atoms. The van der Waals surface area contributed by atoms with Gasteiger partial charge in [0, 0.05) is 6.42 Å². The van der Waals surface area contributed by atoms with Gasteiger partial charge in [-0.05, 0) is 19.8 Å². The van der Waals surface area contributed by atoms with E-state index >= 15 is 0 Å². The van der Waals surface area contributed by atoms with E-state index in [1.165, 1.54) is 0 Å². The lowest BCUT2D eigenvalue weighted by Crippen LogP contribution is -2.44. The van der Waals surface area contributed by atoms with Gasteiger partial charge in [-0.3, -0.25) is 0 Å². The smallest absolute Gasteiger partial charge is 0.354 e. The first-order valence-electron chi connectivity index (χ1n) is 5.42. The monoisotopic (exact) mass is 228 g/mol. The molecule has 90 valence electrons. The predicted molar refractivity (Wildman–Crippen MR) is 55.4 cm³/mol. The van der Waals surface area contributed by atoms with Crippen LogP contribution in [0.1, 0.15) is 26.2 Å². The van der Waals surface area contributed by atoms with E-state index in [-0.39, 0.29) is 25.1 Å². The van der Waals surface area contributed by atoms with Crippen LogP contribution >= 0.6 is 0 Å². The Balaban J connectivity index is 2.00. The van der Waals surface area contributed by atoms with Crippen LogP contribution < -0.4 is 5.90 Å². The van der Waals surface area contributed by atoms with Crippen molar-refractivity contribution in [1.29, 1.82) is 0 Å². The fourth-order valence-corrected chi connectivity index (χ4v) is 2.44. The molecule has 2 unspecified atom stereocenters. The number of carbonyl (C=O) groups is 1. The highest BCUT2D eigenvalue weighted by atomic mass is 16.7. The van der Waals surface area contributed by atoms with Crippen molar-refractivity contribution >= 4 is 11.7 Å². The topological polar surface area (TPSA) is 83.1 Å². The fraction of sp³-hybridized carbons (Fsp3) is 0.800. The molecular weight excluding hydrogens is 212 g/mol. The van der Waals surface area contributed by atoms with Gasteiger partial charge in [0.1, 0.15) is 13.2 Å². The van der Waals surface area contributed by atoms with Crippen molar-refractivity contribution in [2.24, 2.45) is 17.0 Å². The number of ether oxygens (including phenoxy) is 1. The summed E-state index contributed by atoms with van der Waals surface area (Å²) in [5.41, 5.74) is 0.00288.